The summed E-state index contributed by atoms with van der Waals surface area (Å²) >= 11 is 0. The van der Waals surface area contributed by atoms with Crippen molar-refractivity contribution in [2.24, 2.45) is 0 Å². The number of aromatic amines is 1. The summed E-state index contributed by atoms with van der Waals surface area (Å²) in [6.07, 6.45) is -0.707. The van der Waals surface area contributed by atoms with Crippen molar-refractivity contribution in [3.63, 3.8) is 0 Å². The van der Waals surface area contributed by atoms with Crippen LogP contribution in [-0.2, 0) is 23.7 Å². The van der Waals surface area contributed by atoms with Crippen LogP contribution in [-0.4, -0.2) is 56.2 Å². The first-order valence-electron chi connectivity index (χ1n) is 8.12. The lowest BCUT2D eigenvalue weighted by atomic mass is 10.1. The number of nitrogens with zero attached hydrogens (tertiary/aromatic N) is 3. The number of nitrogens with two attached hydrogens (primary N) is 1. The van der Waals surface area contributed by atoms with E-state index in [1.54, 1.807) is 18.4 Å². The van der Waals surface area contributed by atoms with E-state index in [0.717, 1.165) is 0 Å². The number of hydrogen-bond acceptors (Lipinski definition) is 9. The highest BCUT2D eigenvalue weighted by molar-refractivity contribution is 5.70. The Labute approximate surface area is 147 Å². The number of ether oxygens (including phenoxy) is 4. The largest absolute Gasteiger partial charge is 0.463 e. The Morgan fingerprint density at radius 3 is 2.88 bits per heavy atom. The quantitative estimate of drug-likeness (QED) is 0.699. The number of nitrogens with one attached hydrogen (secondary N) is 1. The number of aromatic nitrogens is 4. The highest BCUT2D eigenvalue weighted by Gasteiger charge is 2.56. The van der Waals surface area contributed by atoms with Crippen LogP contribution in [0.4, 0.5) is 5.95 Å². The number of hydrogen-bond donors (Lipinski definition) is 2. The summed E-state index contributed by atoms with van der Waals surface area (Å²) in [4.78, 5) is 33.8. The van der Waals surface area contributed by atoms with Crippen LogP contribution in [0.15, 0.2) is 11.1 Å². The fourth-order valence-electron chi connectivity index (χ4n) is 3.35. The summed E-state index contributed by atoms with van der Waals surface area (Å²) in [6.45, 7) is 4.92. The zero-order valence-corrected chi connectivity index (χ0v) is 14.5. The topological polar surface area (TPSA) is 144 Å². The van der Waals surface area contributed by atoms with Crippen LogP contribution in [0.25, 0.3) is 11.2 Å². The van der Waals surface area contributed by atoms with Gasteiger partial charge in [0.05, 0.1) is 6.33 Å². The van der Waals surface area contributed by atoms with Gasteiger partial charge in [-0.25, -0.2) is 4.98 Å². The summed E-state index contributed by atoms with van der Waals surface area (Å²) in [6, 6.07) is 0. The van der Waals surface area contributed by atoms with E-state index in [4.69, 9.17) is 24.7 Å². The van der Waals surface area contributed by atoms with Crippen LogP contribution in [0.5, 0.6) is 0 Å². The molecule has 2 aliphatic heterocycles. The van der Waals surface area contributed by atoms with Crippen LogP contribution in [0.1, 0.15) is 27.0 Å². The molecule has 26 heavy (non-hydrogen) atoms. The van der Waals surface area contributed by atoms with Crippen LogP contribution in [0, 0.1) is 0 Å². The molecule has 0 bridgehead atoms. The molecule has 0 aliphatic carbocycles. The van der Waals surface area contributed by atoms with Gasteiger partial charge in [0, 0.05) is 6.92 Å². The highest BCUT2D eigenvalue weighted by atomic mass is 16.8. The van der Waals surface area contributed by atoms with E-state index >= 15 is 0 Å². The van der Waals surface area contributed by atoms with E-state index in [9.17, 15) is 9.59 Å². The molecule has 0 amide bonds. The third-order valence-electron chi connectivity index (χ3n) is 4.30. The van der Waals surface area contributed by atoms with Crippen molar-refractivity contribution in [1.29, 1.82) is 0 Å². The Morgan fingerprint density at radius 1 is 1.42 bits per heavy atom. The molecule has 2 aromatic heterocycles. The summed E-state index contributed by atoms with van der Waals surface area (Å²) in [5.41, 5.74) is 5.62. The monoisotopic (exact) mass is 365 g/mol. The van der Waals surface area contributed by atoms with Crippen molar-refractivity contribution < 1.29 is 23.7 Å². The lowest BCUT2D eigenvalue weighted by Crippen LogP contribution is -2.33. The van der Waals surface area contributed by atoms with E-state index in [1.807, 2.05) is 0 Å². The molecular formula is C15H19N5O6. The van der Waals surface area contributed by atoms with Gasteiger partial charge in [-0.1, -0.05) is 0 Å². The summed E-state index contributed by atoms with van der Waals surface area (Å²) in [7, 11) is 0. The number of rotatable bonds is 3. The number of carbonyl (C=O) groups excluding carboxylic acids is 1. The van der Waals surface area contributed by atoms with Gasteiger partial charge in [0.15, 0.2) is 23.2 Å². The van der Waals surface area contributed by atoms with Crippen molar-refractivity contribution in [3.8, 4) is 0 Å². The zero-order valence-electron chi connectivity index (χ0n) is 14.5. The minimum absolute atomic E-state index is 0.0230. The molecule has 2 aromatic rings. The summed E-state index contributed by atoms with van der Waals surface area (Å²) in [5, 5.41) is 0. The molecule has 2 saturated heterocycles. The van der Waals surface area contributed by atoms with E-state index in [0.29, 0.717) is 0 Å². The molecule has 4 rings (SSSR count). The zero-order chi connectivity index (χ0) is 18.6. The van der Waals surface area contributed by atoms with E-state index in [1.165, 1.54) is 13.3 Å². The third-order valence-corrected chi connectivity index (χ3v) is 4.30. The van der Waals surface area contributed by atoms with Gasteiger partial charge in [-0.2, -0.15) is 4.98 Å². The van der Waals surface area contributed by atoms with Crippen LogP contribution in [0.3, 0.4) is 0 Å². The van der Waals surface area contributed by atoms with E-state index in [-0.39, 0.29) is 23.7 Å². The van der Waals surface area contributed by atoms with Gasteiger partial charge in [0.2, 0.25) is 5.95 Å². The number of H-pyrrole nitrogens is 1. The third kappa shape index (κ3) is 2.73. The molecule has 4 atom stereocenters. The molecule has 11 heteroatoms. The van der Waals surface area contributed by atoms with Gasteiger partial charge in [-0.3, -0.25) is 19.1 Å². The second kappa shape index (κ2) is 5.76. The second-order valence-corrected chi connectivity index (χ2v) is 6.71. The number of carbonyl (C=O) groups is 1. The first kappa shape index (κ1) is 16.9. The molecule has 2 aliphatic rings. The van der Waals surface area contributed by atoms with Crippen LogP contribution in [0.2, 0.25) is 0 Å². The fourth-order valence-corrected chi connectivity index (χ4v) is 3.35. The molecule has 0 saturated carbocycles. The number of fused-ring (bicyclic) bond motifs is 2. The molecule has 4 unspecified atom stereocenters. The molecule has 2 fully saturated rings. The number of anilines is 1. The fraction of sp³-hybridized carbons (Fsp3) is 0.600. The molecule has 4 heterocycles. The SMILES string of the molecule is CC(=O)OCC1OC(n2cnc3c(=O)[nH]c(N)nc32)C2OC(C)(C)OC12. The second-order valence-electron chi connectivity index (χ2n) is 6.71. The first-order chi connectivity index (χ1) is 12.2. The molecule has 0 spiro atoms. The predicted molar refractivity (Wildman–Crippen MR) is 86.9 cm³/mol. The van der Waals surface area contributed by atoms with Crippen LogP contribution < -0.4 is 11.3 Å². The van der Waals surface area contributed by atoms with Crippen molar-refractivity contribution in [1.82, 2.24) is 19.5 Å². The Hall–Kier alpha value is -2.50. The first-order valence-corrected chi connectivity index (χ1v) is 8.12. The molecule has 0 aromatic carbocycles. The van der Waals surface area contributed by atoms with Crippen molar-refractivity contribution in [3.05, 3.63) is 16.7 Å². The molecule has 0 radical (unpaired) electrons. The maximum atomic E-state index is 12.0. The van der Waals surface area contributed by atoms with Gasteiger partial charge in [-0.05, 0) is 13.8 Å². The van der Waals surface area contributed by atoms with Gasteiger partial charge < -0.3 is 24.7 Å². The number of nitrogen functional groups attached to an aromatic ring is 1. The van der Waals surface area contributed by atoms with Crippen LogP contribution >= 0.6 is 0 Å². The highest BCUT2D eigenvalue weighted by Crippen LogP contribution is 2.43. The molecule has 11 nitrogen and oxygen atoms in total. The number of esters is 1. The minimum atomic E-state index is -0.827. The maximum absolute atomic E-state index is 12.0. The Kier molecular flexibility index (Phi) is 3.75. The van der Waals surface area contributed by atoms with Gasteiger partial charge in [0.1, 0.15) is 24.9 Å². The smallest absolute Gasteiger partial charge is 0.302 e. The lowest BCUT2D eigenvalue weighted by Gasteiger charge is -2.24. The number of imidazole rings is 1. The van der Waals surface area contributed by atoms with Gasteiger partial charge in [0.25, 0.3) is 5.56 Å². The maximum Gasteiger partial charge on any atom is 0.302 e. The van der Waals surface area contributed by atoms with E-state index in [2.05, 4.69) is 15.0 Å². The van der Waals surface area contributed by atoms with Crippen molar-refractivity contribution >= 4 is 23.1 Å². The Morgan fingerprint density at radius 2 is 2.15 bits per heavy atom. The Bertz CT molecular complexity index is 921. The average Bonchev–Trinajstić information content (AvgIpc) is 3.16. The predicted octanol–water partition coefficient (Wildman–Crippen LogP) is -0.318. The van der Waals surface area contributed by atoms with Crippen molar-refractivity contribution in [2.75, 3.05) is 12.3 Å². The standard InChI is InChI=1S/C15H19N5O6/c1-6(21)23-4-7-9-10(26-15(2,3)25-9)13(24-7)20-5-17-8-11(20)18-14(16)19-12(8)22/h5,7,9-10,13H,4H2,1-3H3,(H3,16,18,19,22). The normalized spacial score (nSPS) is 29.8. The minimum Gasteiger partial charge on any atom is -0.463 e. The summed E-state index contributed by atoms with van der Waals surface area (Å²) < 4.78 is 24.6. The van der Waals surface area contributed by atoms with Gasteiger partial charge in [-0.15, -0.1) is 0 Å². The average molecular weight is 365 g/mol. The molecular weight excluding hydrogens is 346 g/mol. The lowest BCUT2D eigenvalue weighted by molar-refractivity contribution is -0.201. The van der Waals surface area contributed by atoms with E-state index < -0.39 is 41.9 Å². The summed E-state index contributed by atoms with van der Waals surface area (Å²) in [5.74, 6) is -1.27. The van der Waals surface area contributed by atoms with Crippen molar-refractivity contribution in [2.45, 2.75) is 51.1 Å². The molecule has 3 N–H and O–H groups in total. The Balaban J connectivity index is 1.72. The van der Waals surface area contributed by atoms with Gasteiger partial charge >= 0.3 is 5.97 Å². The molecule has 140 valence electrons.